The lowest BCUT2D eigenvalue weighted by atomic mass is 10.2. The van der Waals surface area contributed by atoms with E-state index in [2.05, 4.69) is 15.1 Å². The third-order valence-corrected chi connectivity index (χ3v) is 5.07. The van der Waals surface area contributed by atoms with Gasteiger partial charge in [0.15, 0.2) is 0 Å². The van der Waals surface area contributed by atoms with E-state index in [-0.39, 0.29) is 5.56 Å². The second-order valence-corrected chi connectivity index (χ2v) is 6.54. The summed E-state index contributed by atoms with van der Waals surface area (Å²) >= 11 is 3.07. The van der Waals surface area contributed by atoms with E-state index in [0.29, 0.717) is 5.39 Å². The van der Waals surface area contributed by atoms with Crippen LogP contribution in [0.15, 0.2) is 63.6 Å². The monoisotopic (exact) mass is 338 g/mol. The summed E-state index contributed by atoms with van der Waals surface area (Å²) in [5.74, 6) is 0. The van der Waals surface area contributed by atoms with Crippen molar-refractivity contribution in [2.45, 2.75) is 0 Å². The topological polar surface area (TPSA) is 60.1 Å². The molecule has 5 nitrogen and oxygen atoms in total. The molecule has 0 bridgehead atoms. The standard InChI is InChI=1S/C16H10N4OS2/c21-16-14-12(13-4-2-6-22-13)9-23-15(14)18-10-20(16)19-8-11-3-1-5-17-7-11/h1-10H/b19-8-. The van der Waals surface area contributed by atoms with Gasteiger partial charge in [-0.2, -0.15) is 9.78 Å². The number of rotatable bonds is 3. The predicted molar refractivity (Wildman–Crippen MR) is 94.4 cm³/mol. The van der Waals surface area contributed by atoms with Crippen LogP contribution in [0.3, 0.4) is 0 Å². The van der Waals surface area contributed by atoms with Crippen LogP contribution < -0.4 is 5.56 Å². The van der Waals surface area contributed by atoms with Crippen molar-refractivity contribution in [1.82, 2.24) is 14.6 Å². The van der Waals surface area contributed by atoms with Crippen LogP contribution >= 0.6 is 22.7 Å². The van der Waals surface area contributed by atoms with E-state index in [9.17, 15) is 4.79 Å². The molecule has 0 aliphatic heterocycles. The molecule has 4 aromatic rings. The van der Waals surface area contributed by atoms with Gasteiger partial charge in [0, 0.05) is 33.8 Å². The van der Waals surface area contributed by atoms with E-state index in [4.69, 9.17) is 0 Å². The molecule has 0 saturated heterocycles. The number of nitrogens with zero attached hydrogens (tertiary/aromatic N) is 4. The molecule has 4 aromatic heterocycles. The zero-order chi connectivity index (χ0) is 15.6. The van der Waals surface area contributed by atoms with E-state index in [0.717, 1.165) is 20.8 Å². The fourth-order valence-electron chi connectivity index (χ4n) is 2.20. The first-order chi connectivity index (χ1) is 11.3. The molecule has 0 fully saturated rings. The quantitative estimate of drug-likeness (QED) is 0.538. The Labute approximate surface area is 139 Å². The summed E-state index contributed by atoms with van der Waals surface area (Å²) in [4.78, 5) is 22.9. The van der Waals surface area contributed by atoms with Crippen LogP contribution in [0.4, 0.5) is 0 Å². The molecule has 23 heavy (non-hydrogen) atoms. The minimum absolute atomic E-state index is 0.167. The van der Waals surface area contributed by atoms with E-state index in [1.54, 1.807) is 29.9 Å². The van der Waals surface area contributed by atoms with Crippen molar-refractivity contribution in [2.75, 3.05) is 0 Å². The van der Waals surface area contributed by atoms with Crippen LogP contribution in [0, 0.1) is 0 Å². The molecule has 0 unspecified atom stereocenters. The lowest BCUT2D eigenvalue weighted by Gasteiger charge is -1.99. The van der Waals surface area contributed by atoms with Crippen LogP contribution in [0.5, 0.6) is 0 Å². The fourth-order valence-corrected chi connectivity index (χ4v) is 3.92. The fraction of sp³-hybridized carbons (Fsp3) is 0. The number of thiophene rings is 2. The van der Waals surface area contributed by atoms with Crippen molar-refractivity contribution in [3.8, 4) is 10.4 Å². The molecule has 0 saturated carbocycles. The Morgan fingerprint density at radius 3 is 2.96 bits per heavy atom. The largest absolute Gasteiger partial charge is 0.283 e. The predicted octanol–water partition coefficient (Wildman–Crippen LogP) is 3.46. The Morgan fingerprint density at radius 1 is 1.22 bits per heavy atom. The van der Waals surface area contributed by atoms with Gasteiger partial charge in [0.1, 0.15) is 11.2 Å². The van der Waals surface area contributed by atoms with Gasteiger partial charge < -0.3 is 0 Å². The Hall–Kier alpha value is -2.64. The van der Waals surface area contributed by atoms with Crippen LogP contribution in [0.2, 0.25) is 0 Å². The van der Waals surface area contributed by atoms with E-state index >= 15 is 0 Å². The van der Waals surface area contributed by atoms with Gasteiger partial charge >= 0.3 is 0 Å². The molecule has 0 aliphatic carbocycles. The highest BCUT2D eigenvalue weighted by molar-refractivity contribution is 7.18. The van der Waals surface area contributed by atoms with E-state index in [1.165, 1.54) is 22.3 Å². The molecule has 0 spiro atoms. The molecule has 0 N–H and O–H groups in total. The summed E-state index contributed by atoms with van der Waals surface area (Å²) in [7, 11) is 0. The van der Waals surface area contributed by atoms with Crippen molar-refractivity contribution in [3.05, 3.63) is 69.7 Å². The molecule has 0 aliphatic rings. The van der Waals surface area contributed by atoms with Crippen LogP contribution in [0.1, 0.15) is 5.56 Å². The highest BCUT2D eigenvalue weighted by Gasteiger charge is 2.13. The summed E-state index contributed by atoms with van der Waals surface area (Å²) in [5, 5.41) is 8.79. The average molecular weight is 338 g/mol. The maximum absolute atomic E-state index is 12.7. The van der Waals surface area contributed by atoms with Gasteiger partial charge in [0.25, 0.3) is 5.56 Å². The van der Waals surface area contributed by atoms with Gasteiger partial charge in [0.2, 0.25) is 0 Å². The molecular weight excluding hydrogens is 328 g/mol. The molecule has 0 atom stereocenters. The third kappa shape index (κ3) is 2.60. The van der Waals surface area contributed by atoms with Gasteiger partial charge in [0.05, 0.1) is 11.6 Å². The molecule has 0 amide bonds. The summed E-state index contributed by atoms with van der Waals surface area (Å²) in [6.07, 6.45) is 6.42. The smallest absolute Gasteiger partial charge is 0.267 e. The molecule has 112 valence electrons. The zero-order valence-corrected chi connectivity index (χ0v) is 13.4. The summed E-state index contributed by atoms with van der Waals surface area (Å²) in [6, 6.07) is 7.66. The second kappa shape index (κ2) is 5.86. The Balaban J connectivity index is 1.83. The molecule has 0 radical (unpaired) electrons. The van der Waals surface area contributed by atoms with E-state index < -0.39 is 0 Å². The molecule has 0 aromatic carbocycles. The number of hydrogen-bond donors (Lipinski definition) is 0. The molecule has 7 heteroatoms. The van der Waals surface area contributed by atoms with Gasteiger partial charge in [-0.05, 0) is 17.5 Å². The summed E-state index contributed by atoms with van der Waals surface area (Å²) < 4.78 is 1.26. The van der Waals surface area contributed by atoms with Gasteiger partial charge in [-0.15, -0.1) is 22.7 Å². The SMILES string of the molecule is O=c1c2c(-c3cccs3)csc2ncn1/N=C\c1cccnc1. The Kier molecular flexibility index (Phi) is 3.57. The summed E-state index contributed by atoms with van der Waals surface area (Å²) in [6.45, 7) is 0. The Morgan fingerprint density at radius 2 is 2.17 bits per heavy atom. The van der Waals surface area contributed by atoms with Crippen molar-refractivity contribution >= 4 is 39.1 Å². The van der Waals surface area contributed by atoms with E-state index in [1.807, 2.05) is 35.0 Å². The first-order valence-electron chi connectivity index (χ1n) is 6.80. The molecule has 4 rings (SSSR count). The third-order valence-electron chi connectivity index (χ3n) is 3.28. The maximum atomic E-state index is 12.7. The van der Waals surface area contributed by atoms with Crippen molar-refractivity contribution < 1.29 is 0 Å². The summed E-state index contributed by atoms with van der Waals surface area (Å²) in [5.41, 5.74) is 1.58. The lowest BCUT2D eigenvalue weighted by molar-refractivity contribution is 0.819. The highest BCUT2D eigenvalue weighted by atomic mass is 32.1. The average Bonchev–Trinajstić information content (AvgIpc) is 3.24. The Bertz CT molecular complexity index is 1030. The van der Waals surface area contributed by atoms with Crippen LogP contribution in [-0.2, 0) is 0 Å². The van der Waals surface area contributed by atoms with Crippen molar-refractivity contribution in [1.29, 1.82) is 0 Å². The van der Waals surface area contributed by atoms with Crippen molar-refractivity contribution in [2.24, 2.45) is 5.10 Å². The minimum Gasteiger partial charge on any atom is -0.267 e. The second-order valence-electron chi connectivity index (χ2n) is 4.73. The first kappa shape index (κ1) is 14.0. The number of pyridine rings is 1. The van der Waals surface area contributed by atoms with Gasteiger partial charge in [-0.1, -0.05) is 12.1 Å². The van der Waals surface area contributed by atoms with Gasteiger partial charge in [-0.25, -0.2) is 4.98 Å². The highest BCUT2D eigenvalue weighted by Crippen LogP contribution is 2.33. The number of hydrogen-bond acceptors (Lipinski definition) is 6. The van der Waals surface area contributed by atoms with Gasteiger partial charge in [-0.3, -0.25) is 9.78 Å². The number of aromatic nitrogens is 3. The van der Waals surface area contributed by atoms with Crippen LogP contribution in [0.25, 0.3) is 20.7 Å². The maximum Gasteiger partial charge on any atom is 0.283 e. The lowest BCUT2D eigenvalue weighted by Crippen LogP contribution is -2.16. The first-order valence-corrected chi connectivity index (χ1v) is 8.56. The molecular formula is C16H10N4OS2. The van der Waals surface area contributed by atoms with Crippen molar-refractivity contribution in [3.63, 3.8) is 0 Å². The minimum atomic E-state index is -0.167. The molecule has 4 heterocycles. The number of fused-ring (bicyclic) bond motifs is 1. The normalized spacial score (nSPS) is 11.5. The van der Waals surface area contributed by atoms with Crippen LogP contribution in [-0.4, -0.2) is 20.9 Å². The zero-order valence-electron chi connectivity index (χ0n) is 11.8.